The zero-order valence-corrected chi connectivity index (χ0v) is 11.7. The number of benzene rings is 1. The molecule has 0 aliphatic carbocycles. The quantitative estimate of drug-likeness (QED) is 0.815. The molecule has 2 atom stereocenters. The van der Waals surface area contributed by atoms with E-state index >= 15 is 0 Å². The molecule has 2 N–H and O–H groups in total. The fourth-order valence-electron chi connectivity index (χ4n) is 2.17. The number of aryl methyl sites for hydroxylation is 2. The van der Waals surface area contributed by atoms with Crippen molar-refractivity contribution in [3.05, 3.63) is 34.9 Å². The van der Waals surface area contributed by atoms with E-state index in [1.807, 2.05) is 13.8 Å². The Morgan fingerprint density at radius 3 is 2.28 bits per heavy atom. The Kier molecular flexibility index (Phi) is 5.35. The highest BCUT2D eigenvalue weighted by Gasteiger charge is 2.22. The van der Waals surface area contributed by atoms with Gasteiger partial charge in [0.25, 0.3) is 0 Å². The largest absolute Gasteiger partial charge is 0.480 e. The molecule has 3 heteroatoms. The molecule has 100 valence electrons. The van der Waals surface area contributed by atoms with Crippen LogP contribution in [0.2, 0.25) is 0 Å². The van der Waals surface area contributed by atoms with E-state index in [9.17, 15) is 9.90 Å². The first kappa shape index (κ1) is 14.7. The molecule has 0 bridgehead atoms. The molecule has 1 rings (SSSR count). The average Bonchev–Trinajstić information content (AvgIpc) is 2.27. The second kappa shape index (κ2) is 6.55. The van der Waals surface area contributed by atoms with Gasteiger partial charge in [0.1, 0.15) is 6.04 Å². The van der Waals surface area contributed by atoms with E-state index in [-0.39, 0.29) is 5.92 Å². The summed E-state index contributed by atoms with van der Waals surface area (Å²) in [6.45, 7) is 8.69. The molecule has 0 fully saturated rings. The molecule has 0 heterocycles. The molecule has 0 aliphatic rings. The topological polar surface area (TPSA) is 49.3 Å². The minimum Gasteiger partial charge on any atom is -0.480 e. The van der Waals surface area contributed by atoms with Crippen molar-refractivity contribution in [3.8, 4) is 0 Å². The molecule has 0 aliphatic heterocycles. The standard InChI is InChI=1S/C15H23NO2/c1-5-12(4)14(15(17)18)16-9-13-7-10(2)6-11(3)8-13/h6-8,12,14,16H,5,9H2,1-4H3,(H,17,18)/t12-,14-/m0/s1. The lowest BCUT2D eigenvalue weighted by Crippen LogP contribution is -2.41. The van der Waals surface area contributed by atoms with Gasteiger partial charge in [0.15, 0.2) is 0 Å². The van der Waals surface area contributed by atoms with Gasteiger partial charge in [0, 0.05) is 6.54 Å². The van der Waals surface area contributed by atoms with Gasteiger partial charge in [0.05, 0.1) is 0 Å². The first-order valence-electron chi connectivity index (χ1n) is 6.47. The monoisotopic (exact) mass is 249 g/mol. The maximum Gasteiger partial charge on any atom is 0.320 e. The van der Waals surface area contributed by atoms with Crippen LogP contribution in [0.3, 0.4) is 0 Å². The summed E-state index contributed by atoms with van der Waals surface area (Å²) in [6, 6.07) is 5.83. The summed E-state index contributed by atoms with van der Waals surface area (Å²) in [5.41, 5.74) is 3.56. The lowest BCUT2D eigenvalue weighted by molar-refractivity contribution is -0.140. The number of carbonyl (C=O) groups is 1. The van der Waals surface area contributed by atoms with Gasteiger partial charge in [-0.15, -0.1) is 0 Å². The van der Waals surface area contributed by atoms with Crippen LogP contribution in [0.4, 0.5) is 0 Å². The summed E-state index contributed by atoms with van der Waals surface area (Å²) in [7, 11) is 0. The lowest BCUT2D eigenvalue weighted by Gasteiger charge is -2.20. The smallest absolute Gasteiger partial charge is 0.320 e. The van der Waals surface area contributed by atoms with Gasteiger partial charge in [-0.2, -0.15) is 0 Å². The molecular formula is C15H23NO2. The van der Waals surface area contributed by atoms with Crippen molar-refractivity contribution < 1.29 is 9.90 Å². The van der Waals surface area contributed by atoms with E-state index in [1.54, 1.807) is 0 Å². The fourth-order valence-corrected chi connectivity index (χ4v) is 2.17. The van der Waals surface area contributed by atoms with Crippen molar-refractivity contribution in [1.29, 1.82) is 0 Å². The molecule has 0 aromatic heterocycles. The van der Waals surface area contributed by atoms with Gasteiger partial charge in [-0.05, 0) is 25.3 Å². The van der Waals surface area contributed by atoms with Gasteiger partial charge in [-0.1, -0.05) is 49.6 Å². The number of hydrogen-bond acceptors (Lipinski definition) is 2. The predicted molar refractivity (Wildman–Crippen MR) is 73.6 cm³/mol. The van der Waals surface area contributed by atoms with E-state index < -0.39 is 12.0 Å². The summed E-state index contributed by atoms with van der Waals surface area (Å²) in [5, 5.41) is 12.3. The fraction of sp³-hybridized carbons (Fsp3) is 0.533. The minimum atomic E-state index is -0.770. The first-order chi connectivity index (χ1) is 8.43. The molecule has 0 radical (unpaired) electrons. The third-order valence-corrected chi connectivity index (χ3v) is 3.29. The Bertz CT molecular complexity index is 395. The number of carboxylic acids is 1. The van der Waals surface area contributed by atoms with Crippen LogP contribution in [-0.4, -0.2) is 17.1 Å². The van der Waals surface area contributed by atoms with E-state index in [0.717, 1.165) is 12.0 Å². The van der Waals surface area contributed by atoms with Crippen LogP contribution < -0.4 is 5.32 Å². The van der Waals surface area contributed by atoms with Crippen molar-refractivity contribution in [1.82, 2.24) is 5.32 Å². The summed E-state index contributed by atoms with van der Waals surface area (Å²) < 4.78 is 0. The Labute approximate surface area is 109 Å². The van der Waals surface area contributed by atoms with Crippen LogP contribution in [0, 0.1) is 19.8 Å². The minimum absolute atomic E-state index is 0.133. The van der Waals surface area contributed by atoms with E-state index in [1.165, 1.54) is 11.1 Å². The maximum absolute atomic E-state index is 11.2. The Hall–Kier alpha value is -1.35. The zero-order valence-electron chi connectivity index (χ0n) is 11.7. The SMILES string of the molecule is CC[C@H](C)[C@H](NCc1cc(C)cc(C)c1)C(=O)O. The second-order valence-corrected chi connectivity index (χ2v) is 5.08. The third kappa shape index (κ3) is 4.15. The molecule has 0 unspecified atom stereocenters. The van der Waals surface area contributed by atoms with Crippen molar-refractivity contribution in [2.45, 2.75) is 46.7 Å². The second-order valence-electron chi connectivity index (χ2n) is 5.08. The maximum atomic E-state index is 11.2. The van der Waals surface area contributed by atoms with Gasteiger partial charge >= 0.3 is 5.97 Å². The molecule has 0 saturated carbocycles. The summed E-state index contributed by atoms with van der Waals surface area (Å²) in [5.74, 6) is -0.637. The molecule has 0 spiro atoms. The van der Waals surface area contributed by atoms with Crippen molar-refractivity contribution in [3.63, 3.8) is 0 Å². The molecule has 0 saturated heterocycles. The molecule has 1 aromatic carbocycles. The van der Waals surface area contributed by atoms with Gasteiger partial charge < -0.3 is 10.4 Å². The van der Waals surface area contributed by atoms with Crippen molar-refractivity contribution in [2.24, 2.45) is 5.92 Å². The summed E-state index contributed by atoms with van der Waals surface area (Å²) in [4.78, 5) is 11.2. The van der Waals surface area contributed by atoms with Gasteiger partial charge in [0.2, 0.25) is 0 Å². The van der Waals surface area contributed by atoms with Crippen LogP contribution in [0.1, 0.15) is 37.0 Å². The summed E-state index contributed by atoms with van der Waals surface area (Å²) in [6.07, 6.45) is 0.858. The van der Waals surface area contributed by atoms with Crippen LogP contribution in [0.15, 0.2) is 18.2 Å². The highest BCUT2D eigenvalue weighted by atomic mass is 16.4. The number of aliphatic carboxylic acids is 1. The van der Waals surface area contributed by atoms with Crippen molar-refractivity contribution in [2.75, 3.05) is 0 Å². The Morgan fingerprint density at radius 2 is 1.83 bits per heavy atom. The summed E-state index contributed by atoms with van der Waals surface area (Å²) >= 11 is 0. The predicted octanol–water partition coefficient (Wildman–Crippen LogP) is 2.89. The molecule has 0 amide bonds. The number of rotatable bonds is 6. The molecule has 3 nitrogen and oxygen atoms in total. The van der Waals surface area contributed by atoms with Crippen LogP contribution in [0.25, 0.3) is 0 Å². The highest BCUT2D eigenvalue weighted by molar-refractivity contribution is 5.73. The van der Waals surface area contributed by atoms with Gasteiger partial charge in [-0.3, -0.25) is 4.79 Å². The van der Waals surface area contributed by atoms with Crippen LogP contribution in [0.5, 0.6) is 0 Å². The highest BCUT2D eigenvalue weighted by Crippen LogP contribution is 2.12. The van der Waals surface area contributed by atoms with Crippen molar-refractivity contribution >= 4 is 5.97 Å². The average molecular weight is 249 g/mol. The zero-order chi connectivity index (χ0) is 13.7. The van der Waals surface area contributed by atoms with E-state index in [4.69, 9.17) is 0 Å². The van der Waals surface area contributed by atoms with E-state index in [2.05, 4.69) is 37.4 Å². The first-order valence-corrected chi connectivity index (χ1v) is 6.47. The number of hydrogen-bond donors (Lipinski definition) is 2. The molecule has 18 heavy (non-hydrogen) atoms. The van der Waals surface area contributed by atoms with E-state index in [0.29, 0.717) is 6.54 Å². The van der Waals surface area contributed by atoms with Gasteiger partial charge in [-0.25, -0.2) is 0 Å². The Balaban J connectivity index is 2.69. The van der Waals surface area contributed by atoms with Crippen LogP contribution >= 0.6 is 0 Å². The lowest BCUT2D eigenvalue weighted by atomic mass is 9.99. The van der Waals surface area contributed by atoms with Crippen LogP contribution in [-0.2, 0) is 11.3 Å². The molecule has 1 aromatic rings. The number of nitrogens with one attached hydrogen (secondary N) is 1. The third-order valence-electron chi connectivity index (χ3n) is 3.29. The normalized spacial score (nSPS) is 14.2. The Morgan fingerprint density at radius 1 is 1.28 bits per heavy atom. The number of carboxylic acid groups (broad SMARTS) is 1. The molecular weight excluding hydrogens is 226 g/mol.